The number of nitrogens with one attached hydrogen (secondary N) is 1. The number of hydrogen-bond acceptors (Lipinski definition) is 5. The van der Waals surface area contributed by atoms with Crippen molar-refractivity contribution < 1.29 is 9.90 Å². The Morgan fingerprint density at radius 2 is 2.00 bits per heavy atom. The summed E-state index contributed by atoms with van der Waals surface area (Å²) in [5, 5.41) is 10.7. The molecule has 8 nitrogen and oxygen atoms in total. The highest BCUT2D eigenvalue weighted by Crippen LogP contribution is 2.30. The number of H-pyrrole nitrogens is 1. The van der Waals surface area contributed by atoms with E-state index >= 15 is 0 Å². The van der Waals surface area contributed by atoms with E-state index in [1.807, 2.05) is 9.80 Å². The second-order valence-corrected chi connectivity index (χ2v) is 7.32. The smallest absolute Gasteiger partial charge is 0.328 e. The molecule has 1 aromatic rings. The zero-order valence-corrected chi connectivity index (χ0v) is 14.6. The van der Waals surface area contributed by atoms with Crippen molar-refractivity contribution in [2.24, 2.45) is 0 Å². The maximum absolute atomic E-state index is 12.5. The van der Waals surface area contributed by atoms with Crippen LogP contribution in [0.25, 0.3) is 0 Å². The predicted molar refractivity (Wildman–Crippen MR) is 92.5 cm³/mol. The van der Waals surface area contributed by atoms with Crippen LogP contribution in [0.4, 0.5) is 0 Å². The van der Waals surface area contributed by atoms with Crippen molar-refractivity contribution in [3.63, 3.8) is 0 Å². The van der Waals surface area contributed by atoms with E-state index in [1.165, 1.54) is 23.3 Å². The third kappa shape index (κ3) is 4.01. The molecule has 0 aliphatic carbocycles. The van der Waals surface area contributed by atoms with Gasteiger partial charge in [0.1, 0.15) is 0 Å². The summed E-state index contributed by atoms with van der Waals surface area (Å²) < 4.78 is 1.36. The highest BCUT2D eigenvalue weighted by atomic mass is 16.3. The number of nitrogens with zero attached hydrogens (tertiary/aromatic N) is 3. The number of aromatic amines is 1. The molecule has 2 N–H and O–H groups in total. The van der Waals surface area contributed by atoms with E-state index in [4.69, 9.17) is 0 Å². The molecule has 2 atom stereocenters. The van der Waals surface area contributed by atoms with Crippen LogP contribution in [0.3, 0.4) is 0 Å². The Kier molecular flexibility index (Phi) is 5.10. The van der Waals surface area contributed by atoms with Gasteiger partial charge in [0.2, 0.25) is 5.91 Å². The zero-order valence-electron chi connectivity index (χ0n) is 14.6. The van der Waals surface area contributed by atoms with Crippen LogP contribution in [0, 0.1) is 0 Å². The molecule has 0 spiro atoms. The van der Waals surface area contributed by atoms with E-state index in [9.17, 15) is 19.5 Å². The molecule has 2 fully saturated rings. The predicted octanol–water partition coefficient (Wildman–Crippen LogP) is -0.453. The molecule has 1 aromatic heterocycles. The standard InChI is InChI=1S/C17H26N4O4/c1-17(25)6-10-19(12-15(23)20-7-3-2-4-8-20)11-13(17)21-9-5-14(22)18-16(21)24/h5,9,13,25H,2-4,6-8,10-12H2,1H3,(H,18,22,24)/t13-,17-/m1/s1. The molecular formula is C17H26N4O4. The molecule has 3 heterocycles. The molecule has 0 aromatic carbocycles. The zero-order chi connectivity index (χ0) is 18.0. The van der Waals surface area contributed by atoms with Gasteiger partial charge in [0.05, 0.1) is 18.2 Å². The molecule has 0 bridgehead atoms. The lowest BCUT2D eigenvalue weighted by molar-refractivity contribution is -0.135. The van der Waals surface area contributed by atoms with Crippen molar-refractivity contribution in [3.8, 4) is 0 Å². The number of carbonyl (C=O) groups excluding carboxylic acids is 1. The normalized spacial score (nSPS) is 28.1. The van der Waals surface area contributed by atoms with E-state index in [1.54, 1.807) is 6.92 Å². The Balaban J connectivity index is 1.73. The fraction of sp³-hybridized carbons (Fsp3) is 0.706. The van der Waals surface area contributed by atoms with Crippen LogP contribution in [0.1, 0.15) is 38.6 Å². The Labute approximate surface area is 146 Å². The first-order chi connectivity index (χ1) is 11.9. The van der Waals surface area contributed by atoms with Gasteiger partial charge in [0.25, 0.3) is 5.56 Å². The van der Waals surface area contributed by atoms with Crippen molar-refractivity contribution >= 4 is 5.91 Å². The number of hydrogen-bond donors (Lipinski definition) is 2. The average Bonchev–Trinajstić information content (AvgIpc) is 2.58. The Hall–Kier alpha value is -1.93. The van der Waals surface area contributed by atoms with Gasteiger partial charge in [0, 0.05) is 38.4 Å². The van der Waals surface area contributed by atoms with Gasteiger partial charge in [-0.25, -0.2) is 4.79 Å². The summed E-state index contributed by atoms with van der Waals surface area (Å²) >= 11 is 0. The van der Waals surface area contributed by atoms with E-state index in [0.717, 1.165) is 25.9 Å². The maximum atomic E-state index is 12.5. The number of likely N-dealkylation sites (tertiary alicyclic amines) is 2. The first kappa shape index (κ1) is 17.9. The second kappa shape index (κ2) is 7.13. The van der Waals surface area contributed by atoms with Crippen molar-refractivity contribution in [2.75, 3.05) is 32.7 Å². The highest BCUT2D eigenvalue weighted by Gasteiger charge is 2.40. The van der Waals surface area contributed by atoms with Gasteiger partial charge in [-0.05, 0) is 32.6 Å². The monoisotopic (exact) mass is 350 g/mol. The summed E-state index contributed by atoms with van der Waals surface area (Å²) in [5.41, 5.74) is -2.08. The van der Waals surface area contributed by atoms with Crippen LogP contribution in [0.5, 0.6) is 0 Å². The van der Waals surface area contributed by atoms with E-state index in [0.29, 0.717) is 26.1 Å². The first-order valence-corrected chi connectivity index (χ1v) is 8.91. The van der Waals surface area contributed by atoms with Gasteiger partial charge in [-0.15, -0.1) is 0 Å². The molecule has 3 rings (SSSR count). The molecule has 2 aliphatic rings. The van der Waals surface area contributed by atoms with E-state index < -0.39 is 22.9 Å². The molecule has 2 saturated heterocycles. The molecule has 0 radical (unpaired) electrons. The lowest BCUT2D eigenvalue weighted by Gasteiger charge is -2.43. The first-order valence-electron chi connectivity index (χ1n) is 8.91. The fourth-order valence-electron chi connectivity index (χ4n) is 3.72. The maximum Gasteiger partial charge on any atom is 0.328 e. The summed E-state index contributed by atoms with van der Waals surface area (Å²) in [4.78, 5) is 42.0. The van der Waals surface area contributed by atoms with E-state index in [2.05, 4.69) is 4.98 Å². The van der Waals surface area contributed by atoms with Crippen molar-refractivity contribution in [1.82, 2.24) is 19.4 Å². The summed E-state index contributed by atoms with van der Waals surface area (Å²) in [6.07, 6.45) is 5.14. The van der Waals surface area contributed by atoms with Gasteiger partial charge in [0.15, 0.2) is 0 Å². The molecule has 0 saturated carbocycles. The quantitative estimate of drug-likeness (QED) is 0.769. The highest BCUT2D eigenvalue weighted by molar-refractivity contribution is 5.78. The summed E-state index contributed by atoms with van der Waals surface area (Å²) in [6.45, 7) is 4.60. The number of amides is 1. The van der Waals surface area contributed by atoms with Gasteiger partial charge in [-0.1, -0.05) is 0 Å². The van der Waals surface area contributed by atoms with Crippen molar-refractivity contribution in [1.29, 1.82) is 0 Å². The van der Waals surface area contributed by atoms with Crippen molar-refractivity contribution in [2.45, 2.75) is 44.2 Å². The van der Waals surface area contributed by atoms with Gasteiger partial charge < -0.3 is 10.0 Å². The molecule has 0 unspecified atom stereocenters. The fourth-order valence-corrected chi connectivity index (χ4v) is 3.72. The van der Waals surface area contributed by atoms with Crippen LogP contribution in [0.15, 0.2) is 21.9 Å². The minimum atomic E-state index is -1.08. The average molecular weight is 350 g/mol. The third-order valence-electron chi connectivity index (χ3n) is 5.34. The number of rotatable bonds is 3. The van der Waals surface area contributed by atoms with Crippen LogP contribution in [-0.2, 0) is 4.79 Å². The number of carbonyl (C=O) groups is 1. The third-order valence-corrected chi connectivity index (χ3v) is 5.34. The summed E-state index contributed by atoms with van der Waals surface area (Å²) in [6, 6.07) is 0.759. The van der Waals surface area contributed by atoms with Crippen LogP contribution >= 0.6 is 0 Å². The topological polar surface area (TPSA) is 98.6 Å². The molecule has 138 valence electrons. The number of aromatic nitrogens is 2. The molecular weight excluding hydrogens is 324 g/mol. The second-order valence-electron chi connectivity index (χ2n) is 7.32. The summed E-state index contributed by atoms with van der Waals surface area (Å²) in [7, 11) is 0. The van der Waals surface area contributed by atoms with Gasteiger partial charge in [-0.2, -0.15) is 0 Å². The molecule has 1 amide bonds. The Morgan fingerprint density at radius 1 is 1.28 bits per heavy atom. The van der Waals surface area contributed by atoms with Gasteiger partial charge in [-0.3, -0.25) is 24.0 Å². The lowest BCUT2D eigenvalue weighted by atomic mass is 9.88. The minimum absolute atomic E-state index is 0.105. The molecule has 25 heavy (non-hydrogen) atoms. The van der Waals surface area contributed by atoms with E-state index in [-0.39, 0.29) is 5.91 Å². The summed E-state index contributed by atoms with van der Waals surface area (Å²) in [5.74, 6) is 0.105. The largest absolute Gasteiger partial charge is 0.388 e. The number of aliphatic hydroxyl groups is 1. The van der Waals surface area contributed by atoms with Crippen LogP contribution in [0.2, 0.25) is 0 Å². The molecule has 2 aliphatic heterocycles. The lowest BCUT2D eigenvalue weighted by Crippen LogP contribution is -2.55. The Bertz CT molecular complexity index is 733. The SMILES string of the molecule is C[C@@]1(O)CCN(CC(=O)N2CCCCC2)C[C@H]1n1ccc(=O)[nH]c1=O. The Morgan fingerprint density at radius 3 is 2.68 bits per heavy atom. The van der Waals surface area contributed by atoms with Crippen LogP contribution < -0.4 is 11.2 Å². The van der Waals surface area contributed by atoms with Crippen molar-refractivity contribution in [3.05, 3.63) is 33.1 Å². The molecule has 8 heteroatoms. The van der Waals surface area contributed by atoms with Crippen LogP contribution in [-0.4, -0.2) is 68.7 Å². The van der Waals surface area contributed by atoms with Gasteiger partial charge >= 0.3 is 5.69 Å². The number of piperidine rings is 2. The minimum Gasteiger partial charge on any atom is -0.388 e.